The maximum atomic E-state index is 11.1. The van der Waals surface area contributed by atoms with E-state index in [9.17, 15) is 4.79 Å². The highest BCUT2D eigenvalue weighted by Gasteiger charge is 2.11. The van der Waals surface area contributed by atoms with Crippen molar-refractivity contribution in [3.8, 4) is 5.75 Å². The van der Waals surface area contributed by atoms with E-state index in [1.807, 2.05) is 20.9 Å². The van der Waals surface area contributed by atoms with Gasteiger partial charge < -0.3 is 9.47 Å². The normalized spacial score (nSPS) is 10.2. The van der Waals surface area contributed by atoms with Crippen LogP contribution in [0.4, 0.5) is 0 Å². The van der Waals surface area contributed by atoms with E-state index >= 15 is 0 Å². The molecule has 0 atom stereocenters. The summed E-state index contributed by atoms with van der Waals surface area (Å²) in [4.78, 5) is 11.1. The van der Waals surface area contributed by atoms with Gasteiger partial charge >= 0.3 is 5.97 Å². The Bertz CT molecular complexity index is 372. The van der Waals surface area contributed by atoms with Gasteiger partial charge in [-0.15, -0.1) is 0 Å². The van der Waals surface area contributed by atoms with Crippen molar-refractivity contribution in [1.29, 1.82) is 0 Å². The zero-order valence-electron chi connectivity index (χ0n) is 10.2. The summed E-state index contributed by atoms with van der Waals surface area (Å²) in [5, 5.41) is 4.22. The Labute approximate surface area is 95.3 Å². The first kappa shape index (κ1) is 12.5. The molecular formula is C11H18N2O3. The van der Waals surface area contributed by atoms with Gasteiger partial charge in [0.05, 0.1) is 25.3 Å². The molecule has 90 valence electrons. The van der Waals surface area contributed by atoms with Crippen molar-refractivity contribution in [2.45, 2.75) is 27.2 Å². The number of esters is 1. The van der Waals surface area contributed by atoms with Crippen molar-refractivity contribution >= 4 is 5.97 Å². The number of carbonyl (C=O) groups excluding carboxylic acids is 1. The molecule has 0 saturated carbocycles. The lowest BCUT2D eigenvalue weighted by atomic mass is 10.3. The number of hydrogen-bond donors (Lipinski definition) is 0. The molecule has 0 bridgehead atoms. The van der Waals surface area contributed by atoms with Gasteiger partial charge in [0.15, 0.2) is 5.75 Å². The van der Waals surface area contributed by atoms with Gasteiger partial charge in [0.2, 0.25) is 0 Å². The van der Waals surface area contributed by atoms with Crippen LogP contribution in [-0.4, -0.2) is 29.0 Å². The van der Waals surface area contributed by atoms with Crippen LogP contribution >= 0.6 is 0 Å². The van der Waals surface area contributed by atoms with Crippen LogP contribution in [0.3, 0.4) is 0 Å². The number of rotatable bonds is 5. The van der Waals surface area contributed by atoms with Crippen LogP contribution in [0.2, 0.25) is 0 Å². The van der Waals surface area contributed by atoms with Gasteiger partial charge in [0.25, 0.3) is 0 Å². The lowest BCUT2D eigenvalue weighted by molar-refractivity contribution is -0.143. The SMILES string of the molecule is CCOC(=O)CCOc1c(C)nn(C)c1C. The van der Waals surface area contributed by atoms with Crippen molar-refractivity contribution in [2.24, 2.45) is 7.05 Å². The first-order valence-corrected chi connectivity index (χ1v) is 5.34. The monoisotopic (exact) mass is 226 g/mol. The molecule has 0 aliphatic rings. The third kappa shape index (κ3) is 2.98. The number of hydrogen-bond acceptors (Lipinski definition) is 4. The molecule has 5 nitrogen and oxygen atoms in total. The van der Waals surface area contributed by atoms with Gasteiger partial charge in [0, 0.05) is 7.05 Å². The summed E-state index contributed by atoms with van der Waals surface area (Å²) in [6.45, 7) is 6.33. The van der Waals surface area contributed by atoms with Gasteiger partial charge in [-0.1, -0.05) is 0 Å². The van der Waals surface area contributed by atoms with Crippen LogP contribution in [0.1, 0.15) is 24.7 Å². The molecule has 1 rings (SSSR count). The summed E-state index contributed by atoms with van der Waals surface area (Å²) in [6.07, 6.45) is 0.265. The van der Waals surface area contributed by atoms with Crippen LogP contribution in [0.15, 0.2) is 0 Å². The minimum Gasteiger partial charge on any atom is -0.489 e. The maximum Gasteiger partial charge on any atom is 0.309 e. The Hall–Kier alpha value is -1.52. The quantitative estimate of drug-likeness (QED) is 0.711. The van der Waals surface area contributed by atoms with Crippen LogP contribution in [0, 0.1) is 13.8 Å². The van der Waals surface area contributed by atoms with E-state index in [4.69, 9.17) is 9.47 Å². The van der Waals surface area contributed by atoms with Crippen LogP contribution in [0.25, 0.3) is 0 Å². The molecule has 1 heterocycles. The molecule has 0 N–H and O–H groups in total. The second kappa shape index (κ2) is 5.53. The number of nitrogens with zero attached hydrogens (tertiary/aromatic N) is 2. The van der Waals surface area contributed by atoms with E-state index in [1.54, 1.807) is 11.6 Å². The smallest absolute Gasteiger partial charge is 0.309 e. The minimum atomic E-state index is -0.235. The van der Waals surface area contributed by atoms with Crippen molar-refractivity contribution in [2.75, 3.05) is 13.2 Å². The van der Waals surface area contributed by atoms with Crippen LogP contribution in [-0.2, 0) is 16.6 Å². The molecule has 5 heteroatoms. The van der Waals surface area contributed by atoms with E-state index < -0.39 is 0 Å². The molecule has 0 spiro atoms. The average Bonchev–Trinajstić information content (AvgIpc) is 2.45. The van der Waals surface area contributed by atoms with Gasteiger partial charge in [-0.25, -0.2) is 0 Å². The maximum absolute atomic E-state index is 11.1. The number of aromatic nitrogens is 2. The predicted molar refractivity (Wildman–Crippen MR) is 59.4 cm³/mol. The molecule has 0 fully saturated rings. The topological polar surface area (TPSA) is 53.4 Å². The highest BCUT2D eigenvalue weighted by molar-refractivity contribution is 5.69. The zero-order valence-corrected chi connectivity index (χ0v) is 10.2. The van der Waals surface area contributed by atoms with Gasteiger partial charge in [-0.05, 0) is 20.8 Å². The first-order chi connectivity index (χ1) is 7.56. The third-order valence-corrected chi connectivity index (χ3v) is 2.30. The summed E-state index contributed by atoms with van der Waals surface area (Å²) in [5.74, 6) is 0.522. The molecule has 0 unspecified atom stereocenters. The Kier molecular flexibility index (Phi) is 4.34. The van der Waals surface area contributed by atoms with Gasteiger partial charge in [-0.3, -0.25) is 9.48 Å². The van der Waals surface area contributed by atoms with E-state index in [0.717, 1.165) is 17.1 Å². The van der Waals surface area contributed by atoms with E-state index in [-0.39, 0.29) is 12.4 Å². The van der Waals surface area contributed by atoms with E-state index in [2.05, 4.69) is 5.10 Å². The fraction of sp³-hybridized carbons (Fsp3) is 0.636. The predicted octanol–water partition coefficient (Wildman–Crippen LogP) is 1.37. The van der Waals surface area contributed by atoms with Crippen LogP contribution in [0.5, 0.6) is 5.75 Å². The van der Waals surface area contributed by atoms with E-state index in [0.29, 0.717) is 13.2 Å². The van der Waals surface area contributed by atoms with Crippen molar-refractivity contribution in [3.05, 3.63) is 11.4 Å². The summed E-state index contributed by atoms with van der Waals surface area (Å²) >= 11 is 0. The van der Waals surface area contributed by atoms with Gasteiger partial charge in [-0.2, -0.15) is 5.10 Å². The third-order valence-electron chi connectivity index (χ3n) is 2.30. The zero-order chi connectivity index (χ0) is 12.1. The second-order valence-corrected chi connectivity index (χ2v) is 3.53. The van der Waals surface area contributed by atoms with E-state index in [1.165, 1.54) is 0 Å². The average molecular weight is 226 g/mol. The minimum absolute atomic E-state index is 0.235. The fourth-order valence-corrected chi connectivity index (χ4v) is 1.43. The number of carbonyl (C=O) groups is 1. The second-order valence-electron chi connectivity index (χ2n) is 3.53. The number of aryl methyl sites for hydroxylation is 2. The summed E-state index contributed by atoms with van der Waals surface area (Å²) < 4.78 is 12.1. The molecule has 0 amide bonds. The summed E-state index contributed by atoms with van der Waals surface area (Å²) in [6, 6.07) is 0. The molecule has 16 heavy (non-hydrogen) atoms. The molecule has 0 saturated heterocycles. The fourth-order valence-electron chi connectivity index (χ4n) is 1.43. The highest BCUT2D eigenvalue weighted by atomic mass is 16.5. The largest absolute Gasteiger partial charge is 0.489 e. The standard InChI is InChI=1S/C11H18N2O3/c1-5-15-10(14)6-7-16-11-8(2)12-13(4)9(11)3/h5-7H2,1-4H3. The molecule has 0 aromatic carbocycles. The van der Waals surface area contributed by atoms with Crippen molar-refractivity contribution in [3.63, 3.8) is 0 Å². The van der Waals surface area contributed by atoms with Crippen molar-refractivity contribution < 1.29 is 14.3 Å². The highest BCUT2D eigenvalue weighted by Crippen LogP contribution is 2.21. The Morgan fingerprint density at radius 1 is 1.44 bits per heavy atom. The molecule has 0 aliphatic carbocycles. The first-order valence-electron chi connectivity index (χ1n) is 5.34. The van der Waals surface area contributed by atoms with Gasteiger partial charge in [0.1, 0.15) is 5.69 Å². The molecule has 1 aromatic heterocycles. The summed E-state index contributed by atoms with van der Waals surface area (Å²) in [5.41, 5.74) is 1.80. The lowest BCUT2D eigenvalue weighted by Crippen LogP contribution is -2.10. The Morgan fingerprint density at radius 2 is 2.12 bits per heavy atom. The van der Waals surface area contributed by atoms with Crippen molar-refractivity contribution in [1.82, 2.24) is 9.78 Å². The Morgan fingerprint density at radius 3 is 2.62 bits per heavy atom. The lowest BCUT2D eigenvalue weighted by Gasteiger charge is -2.06. The molecule has 1 aromatic rings. The number of ether oxygens (including phenoxy) is 2. The summed E-state index contributed by atoms with van der Waals surface area (Å²) in [7, 11) is 1.86. The molecule has 0 radical (unpaired) electrons. The molecule has 0 aliphatic heterocycles. The Balaban J connectivity index is 2.46. The molecular weight excluding hydrogens is 208 g/mol. The van der Waals surface area contributed by atoms with Crippen LogP contribution < -0.4 is 4.74 Å².